The summed E-state index contributed by atoms with van der Waals surface area (Å²) in [5.74, 6) is 1.31. The Morgan fingerprint density at radius 3 is 2.39 bits per heavy atom. The summed E-state index contributed by atoms with van der Waals surface area (Å²) in [6.45, 7) is 7.55. The van der Waals surface area contributed by atoms with Crippen LogP contribution in [0.4, 0.5) is 0 Å². The lowest BCUT2D eigenvalue weighted by atomic mass is 9.90. The number of benzene rings is 1. The molecule has 1 aromatic rings. The standard InChI is InChI=1S/C17H25BrN2O2.ClH/c1-11(2)22-16-9-14(8-15(18)10-16)17(21)20-6-4-13(5-7-20)12(3)19;/h8-13H,4-7,19H2,1-3H3;1H. The average molecular weight is 406 g/mol. The third-order valence-corrected chi connectivity index (χ3v) is 4.52. The van der Waals surface area contributed by atoms with Crippen LogP contribution >= 0.6 is 28.3 Å². The van der Waals surface area contributed by atoms with E-state index in [0.717, 1.165) is 36.2 Å². The highest BCUT2D eigenvalue weighted by Crippen LogP contribution is 2.26. The fourth-order valence-corrected chi connectivity index (χ4v) is 3.31. The molecule has 0 radical (unpaired) electrons. The Hall–Kier alpha value is -0.780. The molecule has 1 aliphatic heterocycles. The van der Waals surface area contributed by atoms with E-state index in [4.69, 9.17) is 10.5 Å². The second-order valence-corrected chi connectivity index (χ2v) is 7.25. The molecule has 130 valence electrons. The van der Waals surface area contributed by atoms with Crippen molar-refractivity contribution in [3.63, 3.8) is 0 Å². The zero-order valence-corrected chi connectivity index (χ0v) is 16.3. The normalized spacial score (nSPS) is 16.9. The molecule has 1 aliphatic rings. The number of likely N-dealkylation sites (tertiary alicyclic amines) is 1. The van der Waals surface area contributed by atoms with Crippen LogP contribution in [0, 0.1) is 5.92 Å². The topological polar surface area (TPSA) is 55.6 Å². The van der Waals surface area contributed by atoms with E-state index in [1.807, 2.05) is 43.9 Å². The van der Waals surface area contributed by atoms with Gasteiger partial charge in [0.15, 0.2) is 0 Å². The molecule has 23 heavy (non-hydrogen) atoms. The molecule has 0 bridgehead atoms. The van der Waals surface area contributed by atoms with Crippen LogP contribution in [0.25, 0.3) is 0 Å². The second-order valence-electron chi connectivity index (χ2n) is 6.33. The van der Waals surface area contributed by atoms with Crippen molar-refractivity contribution in [3.05, 3.63) is 28.2 Å². The molecule has 1 amide bonds. The molecule has 6 heteroatoms. The molecule has 2 N–H and O–H groups in total. The number of nitrogens with zero attached hydrogens (tertiary/aromatic N) is 1. The molecule has 1 aromatic carbocycles. The minimum Gasteiger partial charge on any atom is -0.491 e. The van der Waals surface area contributed by atoms with Gasteiger partial charge in [-0.05, 0) is 57.7 Å². The minimum atomic E-state index is 0. The first-order valence-corrected chi connectivity index (χ1v) is 8.68. The van der Waals surface area contributed by atoms with Crippen LogP contribution in [0.3, 0.4) is 0 Å². The van der Waals surface area contributed by atoms with Crippen LogP contribution in [0.15, 0.2) is 22.7 Å². The van der Waals surface area contributed by atoms with Crippen molar-refractivity contribution in [3.8, 4) is 5.75 Å². The van der Waals surface area contributed by atoms with E-state index in [-0.39, 0.29) is 30.5 Å². The van der Waals surface area contributed by atoms with Crippen molar-refractivity contribution in [1.29, 1.82) is 0 Å². The molecule has 1 heterocycles. The molecule has 0 spiro atoms. The molecule has 0 aromatic heterocycles. The van der Waals surface area contributed by atoms with E-state index in [1.165, 1.54) is 0 Å². The Morgan fingerprint density at radius 2 is 1.87 bits per heavy atom. The van der Waals surface area contributed by atoms with Gasteiger partial charge in [0.05, 0.1) is 6.10 Å². The van der Waals surface area contributed by atoms with Crippen molar-refractivity contribution < 1.29 is 9.53 Å². The fourth-order valence-electron chi connectivity index (χ4n) is 2.84. The zero-order valence-electron chi connectivity index (χ0n) is 13.9. The van der Waals surface area contributed by atoms with Crippen LogP contribution in [-0.4, -0.2) is 36.0 Å². The first-order chi connectivity index (χ1) is 10.4. The monoisotopic (exact) mass is 404 g/mol. The minimum absolute atomic E-state index is 0. The number of nitrogens with two attached hydrogens (primary N) is 1. The Labute approximate surface area is 153 Å². The van der Waals surface area contributed by atoms with Crippen LogP contribution in [0.5, 0.6) is 5.75 Å². The summed E-state index contributed by atoms with van der Waals surface area (Å²) >= 11 is 3.46. The third kappa shape index (κ3) is 5.66. The van der Waals surface area contributed by atoms with E-state index in [9.17, 15) is 4.79 Å². The van der Waals surface area contributed by atoms with Gasteiger partial charge in [0.1, 0.15) is 5.75 Å². The Balaban J connectivity index is 0.00000264. The lowest BCUT2D eigenvalue weighted by Crippen LogP contribution is -2.42. The number of amides is 1. The third-order valence-electron chi connectivity index (χ3n) is 4.06. The smallest absolute Gasteiger partial charge is 0.254 e. The van der Waals surface area contributed by atoms with Gasteiger partial charge >= 0.3 is 0 Å². The number of hydrogen-bond donors (Lipinski definition) is 1. The number of ether oxygens (including phenoxy) is 1. The zero-order chi connectivity index (χ0) is 16.3. The van der Waals surface area contributed by atoms with E-state index in [2.05, 4.69) is 15.9 Å². The van der Waals surface area contributed by atoms with Crippen LogP contribution in [-0.2, 0) is 0 Å². The van der Waals surface area contributed by atoms with Gasteiger partial charge in [-0.15, -0.1) is 12.4 Å². The summed E-state index contributed by atoms with van der Waals surface area (Å²) in [5.41, 5.74) is 6.63. The second kappa shape index (κ2) is 8.90. The maximum Gasteiger partial charge on any atom is 0.254 e. The molecule has 1 unspecified atom stereocenters. The van der Waals surface area contributed by atoms with Gasteiger partial charge in [-0.3, -0.25) is 4.79 Å². The number of carbonyl (C=O) groups excluding carboxylic acids is 1. The molecule has 0 saturated carbocycles. The molecular weight excluding hydrogens is 380 g/mol. The Kier molecular flexibility index (Phi) is 7.84. The number of hydrogen-bond acceptors (Lipinski definition) is 3. The molecule has 4 nitrogen and oxygen atoms in total. The van der Waals surface area contributed by atoms with E-state index >= 15 is 0 Å². The number of piperidine rings is 1. The van der Waals surface area contributed by atoms with Gasteiger partial charge < -0.3 is 15.4 Å². The summed E-state index contributed by atoms with van der Waals surface area (Å²) in [7, 11) is 0. The first kappa shape index (κ1) is 20.3. The van der Waals surface area contributed by atoms with E-state index in [0.29, 0.717) is 11.5 Å². The summed E-state index contributed by atoms with van der Waals surface area (Å²) in [5, 5.41) is 0. The van der Waals surface area contributed by atoms with Crippen molar-refractivity contribution in [2.24, 2.45) is 11.7 Å². The van der Waals surface area contributed by atoms with Gasteiger partial charge in [-0.2, -0.15) is 0 Å². The molecule has 1 fully saturated rings. The molecule has 0 aliphatic carbocycles. The van der Waals surface area contributed by atoms with E-state index in [1.54, 1.807) is 0 Å². The quantitative estimate of drug-likeness (QED) is 0.827. The molecular formula is C17H26BrClN2O2. The molecule has 1 saturated heterocycles. The Bertz CT molecular complexity index is 529. The first-order valence-electron chi connectivity index (χ1n) is 7.89. The van der Waals surface area contributed by atoms with Crippen LogP contribution in [0.1, 0.15) is 44.0 Å². The van der Waals surface area contributed by atoms with Gasteiger partial charge in [-0.25, -0.2) is 0 Å². The van der Waals surface area contributed by atoms with Crippen molar-refractivity contribution in [2.45, 2.75) is 45.8 Å². The average Bonchev–Trinajstić information content (AvgIpc) is 2.45. The molecule has 1 atom stereocenters. The summed E-state index contributed by atoms with van der Waals surface area (Å²) in [6, 6.07) is 5.77. The van der Waals surface area contributed by atoms with Crippen molar-refractivity contribution in [2.75, 3.05) is 13.1 Å². The number of carbonyl (C=O) groups is 1. The predicted molar refractivity (Wildman–Crippen MR) is 99.4 cm³/mol. The SMILES string of the molecule is CC(C)Oc1cc(Br)cc(C(=O)N2CCC(C(C)N)CC2)c1.Cl. The lowest BCUT2D eigenvalue weighted by Gasteiger charge is -2.33. The summed E-state index contributed by atoms with van der Waals surface area (Å²) in [6.07, 6.45) is 2.04. The van der Waals surface area contributed by atoms with Gasteiger partial charge in [0, 0.05) is 29.2 Å². The lowest BCUT2D eigenvalue weighted by molar-refractivity contribution is 0.0680. The predicted octanol–water partition coefficient (Wildman–Crippen LogP) is 3.86. The van der Waals surface area contributed by atoms with E-state index < -0.39 is 0 Å². The van der Waals surface area contributed by atoms with Crippen molar-refractivity contribution >= 4 is 34.2 Å². The maximum atomic E-state index is 12.7. The Morgan fingerprint density at radius 1 is 1.26 bits per heavy atom. The maximum absolute atomic E-state index is 12.7. The highest BCUT2D eigenvalue weighted by molar-refractivity contribution is 9.10. The van der Waals surface area contributed by atoms with Gasteiger partial charge in [-0.1, -0.05) is 15.9 Å². The highest BCUT2D eigenvalue weighted by atomic mass is 79.9. The van der Waals surface area contributed by atoms with Crippen LogP contribution in [0.2, 0.25) is 0 Å². The van der Waals surface area contributed by atoms with Gasteiger partial charge in [0.25, 0.3) is 5.91 Å². The highest BCUT2D eigenvalue weighted by Gasteiger charge is 2.25. The fraction of sp³-hybridized carbons (Fsp3) is 0.588. The number of halogens is 2. The molecule has 2 rings (SSSR count). The summed E-state index contributed by atoms with van der Waals surface area (Å²) in [4.78, 5) is 14.6. The van der Waals surface area contributed by atoms with Gasteiger partial charge in [0.2, 0.25) is 0 Å². The van der Waals surface area contributed by atoms with Crippen LogP contribution < -0.4 is 10.5 Å². The summed E-state index contributed by atoms with van der Waals surface area (Å²) < 4.78 is 6.57. The van der Waals surface area contributed by atoms with Crippen molar-refractivity contribution in [1.82, 2.24) is 4.90 Å². The number of rotatable bonds is 4. The largest absolute Gasteiger partial charge is 0.491 e.